The summed E-state index contributed by atoms with van der Waals surface area (Å²) in [5, 5.41) is 6.62. The van der Waals surface area contributed by atoms with Gasteiger partial charge in [-0.05, 0) is 93.2 Å². The molecule has 3 nitrogen and oxygen atoms in total. The molecule has 0 bridgehead atoms. The number of aromatic nitrogens is 2. The van der Waals surface area contributed by atoms with Crippen molar-refractivity contribution in [2.75, 3.05) is 0 Å². The van der Waals surface area contributed by atoms with Gasteiger partial charge in [-0.1, -0.05) is 106 Å². The molecular formula is C47H42IrN2O-2. The fraction of sp³-hybridized carbons (Fsp3) is 0.234. The summed E-state index contributed by atoms with van der Waals surface area (Å²) >= 11 is 0. The van der Waals surface area contributed by atoms with Crippen LogP contribution >= 0.6 is 0 Å². The quantitative estimate of drug-likeness (QED) is 0.131. The molecule has 3 heterocycles. The van der Waals surface area contributed by atoms with Crippen LogP contribution in [0, 0.1) is 25.8 Å². The molecule has 0 unspecified atom stereocenters. The number of hydrogen-bond acceptors (Lipinski definition) is 3. The minimum Gasteiger partial charge on any atom is -0.501 e. The first-order valence-corrected chi connectivity index (χ1v) is 17.2. The summed E-state index contributed by atoms with van der Waals surface area (Å²) in [7, 11) is 0. The van der Waals surface area contributed by atoms with Gasteiger partial charge in [-0.15, -0.1) is 53.6 Å². The monoisotopic (exact) mass is 851 g/mol. The summed E-state index contributed by atoms with van der Waals surface area (Å²) in [6.45, 7) is -0.826. The van der Waals surface area contributed by atoms with E-state index in [0.717, 1.165) is 63.2 Å². The molecule has 0 atom stereocenters. The van der Waals surface area contributed by atoms with Gasteiger partial charge in [0.1, 0.15) is 5.58 Å². The number of nitrogens with zero attached hydrogens (tertiary/aromatic N) is 2. The van der Waals surface area contributed by atoms with Crippen molar-refractivity contribution in [2.45, 2.75) is 71.4 Å². The predicted molar refractivity (Wildman–Crippen MR) is 209 cm³/mol. The van der Waals surface area contributed by atoms with E-state index in [-0.39, 0.29) is 31.2 Å². The minimum atomic E-state index is -2.33. The maximum Gasteiger partial charge on any atom is 0.121 e. The van der Waals surface area contributed by atoms with E-state index in [1.165, 1.54) is 23.0 Å². The predicted octanol–water partition coefficient (Wildman–Crippen LogP) is 13.1. The molecule has 0 saturated heterocycles. The zero-order chi connectivity index (χ0) is 41.0. The summed E-state index contributed by atoms with van der Waals surface area (Å²) in [4.78, 5) is 8.90. The first-order chi connectivity index (χ1) is 27.5. The van der Waals surface area contributed by atoms with Crippen LogP contribution in [0.2, 0.25) is 0 Å². The molecule has 1 aliphatic carbocycles. The van der Waals surface area contributed by atoms with Gasteiger partial charge in [-0.25, -0.2) is 0 Å². The van der Waals surface area contributed by atoms with Gasteiger partial charge < -0.3 is 14.4 Å². The normalized spacial score (nSPS) is 17.1. The molecule has 9 rings (SSSR count). The van der Waals surface area contributed by atoms with E-state index >= 15 is 0 Å². The molecule has 1 fully saturated rings. The molecule has 257 valence electrons. The Morgan fingerprint density at radius 1 is 0.784 bits per heavy atom. The van der Waals surface area contributed by atoms with Crippen LogP contribution < -0.4 is 0 Å². The molecule has 0 spiro atoms. The summed E-state index contributed by atoms with van der Waals surface area (Å²) in [6, 6.07) is 37.3. The number of pyridine rings is 2. The molecule has 0 amide bonds. The Kier molecular flexibility index (Phi) is 7.66. The number of furan rings is 1. The first-order valence-electron chi connectivity index (χ1n) is 21.2. The van der Waals surface area contributed by atoms with Crippen LogP contribution in [0.3, 0.4) is 0 Å². The molecular weight excluding hydrogens is 801 g/mol. The standard InChI is InChI=1S/C32H26NO.C15H16N.Ir/c1-20-19-33-30(17-27(20)21-8-3-2-4-9-21)26-13-7-12-25-29-16-23-15-14-22-10-5-6-11-24(22)28(23)18-31(29)34-32(25)26;1-11(2)14-8-9-15(16-10-14)13-6-4-12(3)5-7-13;/h5-7,10-12,14-19,21H,2-4,8-9H2,1H3;4-6,8-11H,1-3H3;/q2*-1;/i1D3,21D;3D3,11D;. The second kappa shape index (κ2) is 14.9. The molecule has 0 N–H and O–H groups in total. The fourth-order valence-electron chi connectivity index (χ4n) is 7.00. The Balaban J connectivity index is 0.000000214. The van der Waals surface area contributed by atoms with E-state index < -0.39 is 25.5 Å². The van der Waals surface area contributed by atoms with Gasteiger partial charge in [0.2, 0.25) is 0 Å². The Morgan fingerprint density at radius 3 is 2.39 bits per heavy atom. The van der Waals surface area contributed by atoms with Gasteiger partial charge in [0.15, 0.2) is 0 Å². The van der Waals surface area contributed by atoms with Crippen molar-refractivity contribution in [1.82, 2.24) is 9.97 Å². The second-order valence-corrected chi connectivity index (χ2v) is 13.3. The van der Waals surface area contributed by atoms with Crippen LogP contribution in [0.1, 0.15) is 91.0 Å². The Labute approximate surface area is 325 Å². The molecule has 51 heavy (non-hydrogen) atoms. The van der Waals surface area contributed by atoms with Crippen molar-refractivity contribution in [2.24, 2.45) is 0 Å². The van der Waals surface area contributed by atoms with E-state index in [0.29, 0.717) is 35.2 Å². The summed E-state index contributed by atoms with van der Waals surface area (Å²) in [5.41, 5.74) is 6.02. The zero-order valence-electron chi connectivity index (χ0n) is 36.6. The van der Waals surface area contributed by atoms with Crippen LogP contribution in [0.4, 0.5) is 0 Å². The Hall–Kier alpha value is -4.63. The Bertz CT molecular complexity index is 2730. The smallest absolute Gasteiger partial charge is 0.121 e. The summed E-state index contributed by atoms with van der Waals surface area (Å²) < 4.78 is 69.9. The summed E-state index contributed by atoms with van der Waals surface area (Å²) in [5.74, 6) is -1.61. The topological polar surface area (TPSA) is 38.9 Å². The molecule has 8 aromatic rings. The molecule has 1 aliphatic rings. The van der Waals surface area contributed by atoms with E-state index in [1.54, 1.807) is 32.2 Å². The number of fused-ring (bicyclic) bond motifs is 6. The molecule has 4 heteroatoms. The SMILES string of the molecule is [2H]C([2H])([2H])c1c[c-]c(-c2ccc(C([2H])(C)C)cn2)cc1.[2H]C([2H])([2H])c1cnc(-c2[c-]ccc3c2oc2cc4c(ccc5ccccc54)cc23)cc1C1([2H])CCCCC1.[Ir]. The van der Waals surface area contributed by atoms with Crippen LogP contribution in [0.5, 0.6) is 0 Å². The number of hydrogen-bond donors (Lipinski definition) is 0. The van der Waals surface area contributed by atoms with E-state index in [9.17, 15) is 1.37 Å². The maximum atomic E-state index is 9.23. The molecule has 0 aliphatic heterocycles. The average Bonchev–Trinajstić information content (AvgIpc) is 3.57. The number of benzene rings is 5. The van der Waals surface area contributed by atoms with Gasteiger partial charge in [0.05, 0.1) is 5.58 Å². The van der Waals surface area contributed by atoms with Crippen molar-refractivity contribution in [3.05, 3.63) is 144 Å². The first kappa shape index (κ1) is 26.2. The van der Waals surface area contributed by atoms with Crippen molar-refractivity contribution in [3.63, 3.8) is 0 Å². The number of rotatable bonds is 4. The maximum absolute atomic E-state index is 9.23. The summed E-state index contributed by atoms with van der Waals surface area (Å²) in [6.07, 6.45) is 7.35. The minimum absolute atomic E-state index is 0. The second-order valence-electron chi connectivity index (χ2n) is 13.3. The largest absolute Gasteiger partial charge is 0.501 e. The van der Waals surface area contributed by atoms with Gasteiger partial charge >= 0.3 is 0 Å². The fourth-order valence-corrected chi connectivity index (χ4v) is 7.00. The van der Waals surface area contributed by atoms with E-state index in [2.05, 4.69) is 64.6 Å². The van der Waals surface area contributed by atoms with Crippen LogP contribution in [0.25, 0.3) is 66.0 Å². The zero-order valence-corrected chi connectivity index (χ0v) is 31.0. The molecule has 1 saturated carbocycles. The van der Waals surface area contributed by atoms with Crippen molar-refractivity contribution >= 4 is 43.5 Å². The molecule has 5 aromatic carbocycles. The van der Waals surface area contributed by atoms with E-state index in [1.807, 2.05) is 36.4 Å². The molecule has 1 radical (unpaired) electrons. The Morgan fingerprint density at radius 2 is 1.63 bits per heavy atom. The van der Waals surface area contributed by atoms with Crippen molar-refractivity contribution in [1.29, 1.82) is 0 Å². The van der Waals surface area contributed by atoms with Gasteiger partial charge in [0.25, 0.3) is 0 Å². The van der Waals surface area contributed by atoms with Gasteiger partial charge in [-0.3, -0.25) is 0 Å². The van der Waals surface area contributed by atoms with Gasteiger partial charge in [-0.2, -0.15) is 0 Å². The van der Waals surface area contributed by atoms with Crippen LogP contribution in [-0.2, 0) is 20.1 Å². The van der Waals surface area contributed by atoms with Crippen LogP contribution in [0.15, 0.2) is 114 Å². The van der Waals surface area contributed by atoms with Crippen molar-refractivity contribution < 1.29 is 35.5 Å². The average molecular weight is 851 g/mol. The van der Waals surface area contributed by atoms with E-state index in [4.69, 9.17) is 14.0 Å². The number of aryl methyl sites for hydroxylation is 2. The van der Waals surface area contributed by atoms with Crippen LogP contribution in [-0.4, -0.2) is 9.97 Å². The van der Waals surface area contributed by atoms with Gasteiger partial charge in [0, 0.05) is 48.9 Å². The third-order valence-corrected chi connectivity index (χ3v) is 9.72. The third kappa shape index (κ3) is 7.01. The third-order valence-electron chi connectivity index (χ3n) is 9.72. The molecule has 3 aromatic heterocycles. The van der Waals surface area contributed by atoms with Crippen molar-refractivity contribution in [3.8, 4) is 22.5 Å².